The van der Waals surface area contributed by atoms with Crippen molar-refractivity contribution in [2.24, 2.45) is 7.05 Å². The number of pyridine rings is 1. The van der Waals surface area contributed by atoms with E-state index in [9.17, 15) is 18.0 Å². The van der Waals surface area contributed by atoms with Crippen LogP contribution in [0.5, 0.6) is 0 Å². The lowest BCUT2D eigenvalue weighted by molar-refractivity contribution is -0.137. The number of fused-ring (bicyclic) bond motifs is 1. The molecule has 1 unspecified atom stereocenters. The number of anilines is 1. The predicted molar refractivity (Wildman–Crippen MR) is 133 cm³/mol. The molecule has 0 aliphatic carbocycles. The average molecular weight is 499 g/mol. The van der Waals surface area contributed by atoms with E-state index in [2.05, 4.69) is 31.5 Å². The molecule has 0 radical (unpaired) electrons. The number of aromatic nitrogens is 3. The largest absolute Gasteiger partial charge is 0.416 e. The number of nitrogens with zero attached hydrogens (tertiary/aromatic N) is 6. The second kappa shape index (κ2) is 9.90. The molecule has 0 bridgehead atoms. The van der Waals surface area contributed by atoms with Crippen LogP contribution in [-0.4, -0.2) is 44.6 Å². The van der Waals surface area contributed by atoms with Gasteiger partial charge in [-0.3, -0.25) is 9.47 Å². The Morgan fingerprint density at radius 2 is 1.83 bits per heavy atom. The smallest absolute Gasteiger partial charge is 0.361 e. The number of rotatable bonds is 5. The molecule has 1 saturated heterocycles. The highest BCUT2D eigenvalue weighted by atomic mass is 19.4. The van der Waals surface area contributed by atoms with Gasteiger partial charge in [0.15, 0.2) is 5.82 Å². The van der Waals surface area contributed by atoms with E-state index in [1.807, 2.05) is 13.8 Å². The van der Waals surface area contributed by atoms with E-state index < -0.39 is 17.4 Å². The molecule has 190 valence electrons. The van der Waals surface area contributed by atoms with Crippen molar-refractivity contribution in [1.82, 2.24) is 19.4 Å². The van der Waals surface area contributed by atoms with Gasteiger partial charge < -0.3 is 9.74 Å². The van der Waals surface area contributed by atoms with E-state index in [4.69, 9.17) is 6.57 Å². The zero-order chi connectivity index (χ0) is 26.2. The van der Waals surface area contributed by atoms with Gasteiger partial charge in [-0.15, -0.1) is 4.98 Å². The van der Waals surface area contributed by atoms with Gasteiger partial charge in [0, 0.05) is 38.3 Å². The number of hydrogen-bond acceptors (Lipinski definition) is 5. The maximum atomic E-state index is 13.0. The van der Waals surface area contributed by atoms with Crippen LogP contribution in [0.3, 0.4) is 0 Å². The zero-order valence-electron chi connectivity index (χ0n) is 20.8. The van der Waals surface area contributed by atoms with Gasteiger partial charge in [0.05, 0.1) is 11.1 Å². The van der Waals surface area contributed by atoms with Crippen LogP contribution in [0, 0.1) is 6.57 Å². The lowest BCUT2D eigenvalue weighted by Crippen LogP contribution is -2.58. The minimum absolute atomic E-state index is 0.0452. The molecule has 1 aliphatic heterocycles. The van der Waals surface area contributed by atoms with Gasteiger partial charge in [-0.05, 0) is 50.1 Å². The van der Waals surface area contributed by atoms with Crippen LogP contribution in [0.4, 0.5) is 24.8 Å². The first-order chi connectivity index (χ1) is 17.0. The molecular formula is C26H29F3N6O. The highest BCUT2D eigenvalue weighted by Gasteiger charge is 2.37. The summed E-state index contributed by atoms with van der Waals surface area (Å²) in [6.07, 6.45) is -2.57. The molecule has 0 saturated carbocycles. The Labute approximate surface area is 208 Å². The summed E-state index contributed by atoms with van der Waals surface area (Å²) in [7, 11) is 1.63. The van der Waals surface area contributed by atoms with Crippen molar-refractivity contribution in [3.63, 3.8) is 0 Å². The minimum Gasteiger partial charge on any atom is -0.361 e. The fourth-order valence-corrected chi connectivity index (χ4v) is 5.03. The Morgan fingerprint density at radius 1 is 1.14 bits per heavy atom. The summed E-state index contributed by atoms with van der Waals surface area (Å²) in [6, 6.07) is 8.65. The lowest BCUT2D eigenvalue weighted by atomic mass is 9.97. The Kier molecular flexibility index (Phi) is 7.05. The van der Waals surface area contributed by atoms with Crippen LogP contribution in [0.15, 0.2) is 41.2 Å². The topological polar surface area (TPSA) is 58.6 Å². The normalized spacial score (nSPS) is 19.9. The average Bonchev–Trinajstić information content (AvgIpc) is 2.86. The van der Waals surface area contributed by atoms with Crippen molar-refractivity contribution >= 4 is 22.7 Å². The quantitative estimate of drug-likeness (QED) is 0.445. The number of piperazine rings is 1. The summed E-state index contributed by atoms with van der Waals surface area (Å²) in [4.78, 5) is 29.3. The Morgan fingerprint density at radius 3 is 2.44 bits per heavy atom. The van der Waals surface area contributed by atoms with E-state index in [1.54, 1.807) is 31.3 Å². The number of benzene rings is 1. The molecule has 0 amide bonds. The van der Waals surface area contributed by atoms with E-state index in [-0.39, 0.29) is 23.9 Å². The molecule has 36 heavy (non-hydrogen) atoms. The molecule has 3 heterocycles. The van der Waals surface area contributed by atoms with Crippen molar-refractivity contribution in [2.75, 3.05) is 18.0 Å². The number of halogens is 3. The highest BCUT2D eigenvalue weighted by Crippen LogP contribution is 2.35. The van der Waals surface area contributed by atoms with E-state index in [1.165, 1.54) is 4.57 Å². The van der Waals surface area contributed by atoms with Gasteiger partial charge in [0.25, 0.3) is 5.82 Å². The van der Waals surface area contributed by atoms with Crippen molar-refractivity contribution < 1.29 is 13.2 Å². The molecule has 10 heteroatoms. The van der Waals surface area contributed by atoms with Crippen LogP contribution in [0.2, 0.25) is 0 Å². The first kappa shape index (κ1) is 25.6. The van der Waals surface area contributed by atoms with Gasteiger partial charge >= 0.3 is 11.9 Å². The summed E-state index contributed by atoms with van der Waals surface area (Å²) in [5.41, 5.74) is 0.894. The molecule has 7 nitrogen and oxygen atoms in total. The minimum atomic E-state index is -4.36. The maximum absolute atomic E-state index is 13.0. The van der Waals surface area contributed by atoms with Crippen molar-refractivity contribution in [1.29, 1.82) is 0 Å². The molecule has 0 spiro atoms. The van der Waals surface area contributed by atoms with E-state index in [0.29, 0.717) is 29.9 Å². The monoisotopic (exact) mass is 498 g/mol. The van der Waals surface area contributed by atoms with Gasteiger partial charge in [0.2, 0.25) is 5.52 Å². The summed E-state index contributed by atoms with van der Waals surface area (Å²) >= 11 is 0. The summed E-state index contributed by atoms with van der Waals surface area (Å²) < 4.78 is 40.5. The molecular weight excluding hydrogens is 469 g/mol. The molecule has 1 aromatic carbocycles. The Balaban J connectivity index is 1.69. The number of alkyl halides is 3. The standard InChI is InChI=1S/C26H29F3N6O/c1-6-7-20-15-34(24-23-21(33(5)25(36)32-24)12-13-22(30-4)31-23)16(2)14-35(20)17(3)18-8-10-19(11-9-18)26(27,28)29/h8-13,16-17,20H,6-7,14-15H2,1-3,5H3/t16-,17?,20+/m0/s1. The second-order valence-electron chi connectivity index (χ2n) is 9.36. The third kappa shape index (κ3) is 4.80. The van der Waals surface area contributed by atoms with Gasteiger partial charge in [-0.1, -0.05) is 32.0 Å². The molecule has 4 rings (SSSR count). The Bertz CT molecular complexity index is 1350. The maximum Gasteiger partial charge on any atom is 0.416 e. The van der Waals surface area contributed by atoms with E-state index in [0.717, 1.165) is 30.5 Å². The molecule has 1 aliphatic rings. The third-order valence-corrected chi connectivity index (χ3v) is 7.03. The van der Waals surface area contributed by atoms with Crippen molar-refractivity contribution in [2.45, 2.75) is 57.9 Å². The summed E-state index contributed by atoms with van der Waals surface area (Å²) in [5.74, 6) is 0.700. The lowest BCUT2D eigenvalue weighted by Gasteiger charge is -2.48. The van der Waals surface area contributed by atoms with Crippen LogP contribution >= 0.6 is 0 Å². The number of aryl methyl sites for hydroxylation is 1. The molecule has 1 fully saturated rings. The van der Waals surface area contributed by atoms with Crippen LogP contribution in [-0.2, 0) is 13.2 Å². The van der Waals surface area contributed by atoms with Gasteiger partial charge in [0.1, 0.15) is 0 Å². The first-order valence-electron chi connectivity index (χ1n) is 12.0. The SMILES string of the molecule is [C-]#[N+]c1ccc2c(n1)c(N1C[C@@H](CCC)N(C(C)c3ccc(C(F)(F)F)cc3)C[C@@H]1C)nc(=O)n2C. The van der Waals surface area contributed by atoms with E-state index >= 15 is 0 Å². The zero-order valence-corrected chi connectivity index (χ0v) is 20.8. The van der Waals surface area contributed by atoms with Crippen molar-refractivity contribution in [3.05, 3.63) is 69.4 Å². The molecule has 3 atom stereocenters. The molecule has 3 aromatic rings. The number of hydrogen-bond donors (Lipinski definition) is 0. The first-order valence-corrected chi connectivity index (χ1v) is 12.0. The predicted octanol–water partition coefficient (Wildman–Crippen LogP) is 5.34. The van der Waals surface area contributed by atoms with Crippen molar-refractivity contribution in [3.8, 4) is 0 Å². The Hall–Kier alpha value is -3.45. The fourth-order valence-electron chi connectivity index (χ4n) is 5.03. The molecule has 0 N–H and O–H groups in total. The molecule has 2 aromatic heterocycles. The fraction of sp³-hybridized carbons (Fsp3) is 0.462. The summed E-state index contributed by atoms with van der Waals surface area (Å²) in [5, 5.41) is 0. The summed E-state index contributed by atoms with van der Waals surface area (Å²) in [6.45, 7) is 14.7. The van der Waals surface area contributed by atoms with Gasteiger partial charge in [-0.25, -0.2) is 4.79 Å². The van der Waals surface area contributed by atoms with Crippen LogP contribution in [0.25, 0.3) is 15.9 Å². The van der Waals surface area contributed by atoms with Crippen LogP contribution in [0.1, 0.15) is 50.8 Å². The van der Waals surface area contributed by atoms with Gasteiger partial charge in [-0.2, -0.15) is 18.2 Å². The van der Waals surface area contributed by atoms with Crippen LogP contribution < -0.4 is 10.6 Å². The highest BCUT2D eigenvalue weighted by molar-refractivity contribution is 5.87. The second-order valence-corrected chi connectivity index (χ2v) is 9.36. The third-order valence-electron chi connectivity index (χ3n) is 7.03.